The van der Waals surface area contributed by atoms with Gasteiger partial charge in [0.1, 0.15) is 17.0 Å². The zero-order chi connectivity index (χ0) is 15.3. The molecule has 0 aliphatic heterocycles. The molecule has 2 N–H and O–H groups in total. The van der Waals surface area contributed by atoms with Crippen molar-refractivity contribution in [2.75, 3.05) is 11.9 Å². The number of aromatic nitrogens is 1. The number of carbonyl (C=O) groups is 1. The molecule has 20 heavy (non-hydrogen) atoms. The Morgan fingerprint density at radius 1 is 1.45 bits per heavy atom. The van der Waals surface area contributed by atoms with E-state index in [0.717, 1.165) is 18.6 Å². The molecule has 0 aromatic carbocycles. The molecule has 4 nitrogen and oxygen atoms in total. The normalized spacial score (nSPS) is 12.9. The third-order valence-electron chi connectivity index (χ3n) is 2.43. The molecule has 0 aliphatic carbocycles. The fourth-order valence-corrected chi connectivity index (χ4v) is 1.63. The van der Waals surface area contributed by atoms with Crippen LogP contribution in [-0.2, 0) is 11.0 Å². The maximum atomic E-state index is 12.6. The first kappa shape index (κ1) is 16.6. The van der Waals surface area contributed by atoms with E-state index in [1.54, 1.807) is 0 Å². The van der Waals surface area contributed by atoms with Gasteiger partial charge in [0.2, 0.25) is 5.91 Å². The van der Waals surface area contributed by atoms with Gasteiger partial charge in [-0.15, -0.1) is 0 Å². The minimum Gasteiger partial charge on any atom is -0.359 e. The molecule has 0 saturated carbocycles. The maximum Gasteiger partial charge on any atom is 0.416 e. The van der Waals surface area contributed by atoms with E-state index in [-0.39, 0.29) is 16.9 Å². The first-order valence-electron chi connectivity index (χ1n) is 6.03. The number of alkyl halides is 3. The minimum absolute atomic E-state index is 0.0935. The van der Waals surface area contributed by atoms with E-state index in [4.69, 9.17) is 11.6 Å². The highest BCUT2D eigenvalue weighted by atomic mass is 35.5. The Bertz CT molecular complexity index is 480. The summed E-state index contributed by atoms with van der Waals surface area (Å²) in [5.41, 5.74) is -0.916. The molecule has 1 rings (SSSR count). The van der Waals surface area contributed by atoms with Gasteiger partial charge in [-0.2, -0.15) is 13.2 Å². The molecule has 112 valence electrons. The third-order valence-corrected chi connectivity index (χ3v) is 2.62. The van der Waals surface area contributed by atoms with Crippen LogP contribution in [0.4, 0.5) is 19.0 Å². The number of carbonyl (C=O) groups excluding carboxylic acids is 1. The van der Waals surface area contributed by atoms with Crippen molar-refractivity contribution in [1.82, 2.24) is 10.3 Å². The zero-order valence-electron chi connectivity index (χ0n) is 11.0. The highest BCUT2D eigenvalue weighted by molar-refractivity contribution is 6.29. The average Bonchev–Trinajstić information content (AvgIpc) is 2.34. The predicted octanol–water partition coefficient (Wildman–Crippen LogP) is 3.08. The van der Waals surface area contributed by atoms with Crippen LogP contribution in [0.1, 0.15) is 25.8 Å². The summed E-state index contributed by atoms with van der Waals surface area (Å²) in [7, 11) is 0. The molecule has 1 aromatic heterocycles. The van der Waals surface area contributed by atoms with Gasteiger partial charge in [0.05, 0.1) is 5.56 Å². The summed E-state index contributed by atoms with van der Waals surface area (Å²) < 4.78 is 37.9. The largest absolute Gasteiger partial charge is 0.416 e. The van der Waals surface area contributed by atoms with Crippen molar-refractivity contribution in [1.29, 1.82) is 0 Å². The Hall–Kier alpha value is -1.50. The monoisotopic (exact) mass is 309 g/mol. The number of nitrogens with one attached hydrogen (secondary N) is 2. The first-order chi connectivity index (χ1) is 9.24. The summed E-state index contributed by atoms with van der Waals surface area (Å²) in [5.74, 6) is -0.411. The van der Waals surface area contributed by atoms with Crippen LogP contribution in [-0.4, -0.2) is 23.5 Å². The summed E-state index contributed by atoms with van der Waals surface area (Å²) in [5, 5.41) is 4.94. The van der Waals surface area contributed by atoms with Gasteiger partial charge in [-0.3, -0.25) is 4.79 Å². The quantitative estimate of drug-likeness (QED) is 0.822. The highest BCUT2D eigenvalue weighted by Crippen LogP contribution is 2.32. The summed E-state index contributed by atoms with van der Waals surface area (Å²) in [6.07, 6.45) is -3.75. The van der Waals surface area contributed by atoms with E-state index >= 15 is 0 Å². The minimum atomic E-state index is -4.52. The van der Waals surface area contributed by atoms with Gasteiger partial charge in [0.25, 0.3) is 0 Å². The van der Waals surface area contributed by atoms with Gasteiger partial charge in [-0.1, -0.05) is 18.5 Å². The van der Waals surface area contributed by atoms with Gasteiger partial charge in [0, 0.05) is 6.54 Å². The van der Waals surface area contributed by atoms with Crippen molar-refractivity contribution in [3.05, 3.63) is 22.8 Å². The molecular weight excluding hydrogens is 295 g/mol. The number of anilines is 1. The molecule has 1 heterocycles. The van der Waals surface area contributed by atoms with Crippen LogP contribution in [0.2, 0.25) is 5.15 Å². The molecule has 0 radical (unpaired) electrons. The number of amides is 1. The van der Waals surface area contributed by atoms with Crippen molar-refractivity contribution in [2.24, 2.45) is 0 Å². The second-order valence-electron chi connectivity index (χ2n) is 4.22. The number of rotatable bonds is 5. The molecule has 0 aliphatic rings. The Labute approximate surface area is 119 Å². The van der Waals surface area contributed by atoms with Crippen molar-refractivity contribution in [2.45, 2.75) is 32.5 Å². The van der Waals surface area contributed by atoms with E-state index in [9.17, 15) is 18.0 Å². The summed E-state index contributed by atoms with van der Waals surface area (Å²) in [6, 6.07) is 0.831. The molecule has 1 amide bonds. The lowest BCUT2D eigenvalue weighted by molar-refractivity contribution is -0.137. The summed E-state index contributed by atoms with van der Waals surface area (Å²) in [6.45, 7) is 3.93. The lowest BCUT2D eigenvalue weighted by Crippen LogP contribution is -2.38. The SMILES string of the molecule is CCCNC(=O)C(C)Nc1cc(C(F)(F)F)cc(Cl)n1. The topological polar surface area (TPSA) is 54.0 Å². The first-order valence-corrected chi connectivity index (χ1v) is 6.41. The van der Waals surface area contributed by atoms with Crippen LogP contribution >= 0.6 is 11.6 Å². The number of halogens is 4. The van der Waals surface area contributed by atoms with Crippen LogP contribution in [0.3, 0.4) is 0 Å². The van der Waals surface area contributed by atoms with Crippen molar-refractivity contribution in [3.63, 3.8) is 0 Å². The van der Waals surface area contributed by atoms with Crippen molar-refractivity contribution in [3.8, 4) is 0 Å². The predicted molar refractivity (Wildman–Crippen MR) is 70.6 cm³/mol. The third kappa shape index (κ3) is 4.88. The maximum absolute atomic E-state index is 12.6. The van der Waals surface area contributed by atoms with Crippen LogP contribution in [0.25, 0.3) is 0 Å². The molecule has 1 atom stereocenters. The van der Waals surface area contributed by atoms with Gasteiger partial charge in [0.15, 0.2) is 0 Å². The number of hydrogen-bond acceptors (Lipinski definition) is 3. The molecule has 1 aromatic rings. The van der Waals surface area contributed by atoms with Crippen LogP contribution in [0.5, 0.6) is 0 Å². The van der Waals surface area contributed by atoms with Gasteiger partial charge in [-0.05, 0) is 25.5 Å². The van der Waals surface area contributed by atoms with Crippen LogP contribution < -0.4 is 10.6 Å². The second-order valence-corrected chi connectivity index (χ2v) is 4.61. The van der Waals surface area contributed by atoms with E-state index in [0.29, 0.717) is 6.54 Å². The Morgan fingerprint density at radius 3 is 2.65 bits per heavy atom. The van der Waals surface area contributed by atoms with Gasteiger partial charge >= 0.3 is 6.18 Å². The molecular formula is C12H15ClF3N3O. The second kappa shape index (κ2) is 6.78. The Kier molecular flexibility index (Phi) is 5.62. The number of pyridine rings is 1. The molecule has 0 saturated heterocycles. The standard InChI is InChI=1S/C12H15ClF3N3O/c1-3-4-17-11(20)7(2)18-10-6-8(12(14,15)16)5-9(13)19-10/h5-7H,3-4H2,1-2H3,(H,17,20)(H,18,19). The summed E-state index contributed by atoms with van der Waals surface area (Å²) in [4.78, 5) is 15.3. The lowest BCUT2D eigenvalue weighted by atomic mass is 10.2. The average molecular weight is 310 g/mol. The number of hydrogen-bond donors (Lipinski definition) is 2. The van der Waals surface area contributed by atoms with E-state index in [1.165, 1.54) is 6.92 Å². The molecule has 0 bridgehead atoms. The van der Waals surface area contributed by atoms with Crippen molar-refractivity contribution >= 4 is 23.3 Å². The molecule has 1 unspecified atom stereocenters. The van der Waals surface area contributed by atoms with Crippen LogP contribution in [0.15, 0.2) is 12.1 Å². The Morgan fingerprint density at radius 2 is 2.10 bits per heavy atom. The highest BCUT2D eigenvalue weighted by Gasteiger charge is 2.31. The smallest absolute Gasteiger partial charge is 0.359 e. The fraction of sp³-hybridized carbons (Fsp3) is 0.500. The van der Waals surface area contributed by atoms with Crippen molar-refractivity contribution < 1.29 is 18.0 Å². The summed E-state index contributed by atoms with van der Waals surface area (Å²) >= 11 is 5.55. The van der Waals surface area contributed by atoms with Gasteiger partial charge in [-0.25, -0.2) is 4.98 Å². The van der Waals surface area contributed by atoms with E-state index in [2.05, 4.69) is 15.6 Å². The zero-order valence-corrected chi connectivity index (χ0v) is 11.8. The van der Waals surface area contributed by atoms with E-state index < -0.39 is 17.8 Å². The van der Waals surface area contributed by atoms with Crippen LogP contribution in [0, 0.1) is 0 Å². The number of nitrogens with zero attached hydrogens (tertiary/aromatic N) is 1. The Balaban J connectivity index is 2.82. The van der Waals surface area contributed by atoms with E-state index in [1.807, 2.05) is 6.92 Å². The lowest BCUT2D eigenvalue weighted by Gasteiger charge is -2.16. The molecule has 0 fully saturated rings. The fourth-order valence-electron chi connectivity index (χ4n) is 1.42. The molecule has 8 heteroatoms. The van der Waals surface area contributed by atoms with Gasteiger partial charge < -0.3 is 10.6 Å². The molecule has 0 spiro atoms.